The molecule has 1 N–H and O–H groups in total. The largest absolute Gasteiger partial charge is 0.316 e. The smallest absolute Gasteiger partial charge is 0.292 e. The fourth-order valence-corrected chi connectivity index (χ4v) is 2.61. The number of amides is 1. The number of hydrogen-bond acceptors (Lipinski definition) is 3. The van der Waals surface area contributed by atoms with Crippen molar-refractivity contribution in [1.82, 2.24) is 0 Å². The zero-order valence-corrected chi connectivity index (χ0v) is 13.2. The molecule has 2 aromatic carbocycles. The molecule has 0 fully saturated rings. The van der Waals surface area contributed by atoms with E-state index in [4.69, 9.17) is 11.6 Å². The van der Waals surface area contributed by atoms with E-state index < -0.39 is 10.8 Å². The number of carbonyl (C=O) groups is 1. The molecular weight excluding hydrogens is 360 g/mol. The van der Waals surface area contributed by atoms with Gasteiger partial charge in [-0.05, 0) is 52.7 Å². The molecule has 0 saturated heterocycles. The van der Waals surface area contributed by atoms with Gasteiger partial charge < -0.3 is 5.32 Å². The topological polar surface area (TPSA) is 72.2 Å². The number of benzene rings is 2. The van der Waals surface area contributed by atoms with E-state index in [9.17, 15) is 14.9 Å². The second-order valence-corrected chi connectivity index (χ2v) is 5.65. The lowest BCUT2D eigenvalue weighted by Gasteiger charge is -2.08. The van der Waals surface area contributed by atoms with Gasteiger partial charge in [0.1, 0.15) is 5.69 Å². The number of rotatable bonds is 3. The normalized spacial score (nSPS) is 10.2. The minimum Gasteiger partial charge on any atom is -0.316 e. The zero-order valence-electron chi connectivity index (χ0n) is 10.9. The quantitative estimate of drug-likeness (QED) is 0.636. The van der Waals surface area contributed by atoms with Crippen LogP contribution < -0.4 is 5.32 Å². The first-order valence-electron chi connectivity index (χ1n) is 5.90. The van der Waals surface area contributed by atoms with Crippen molar-refractivity contribution in [2.24, 2.45) is 0 Å². The van der Waals surface area contributed by atoms with E-state index in [0.717, 1.165) is 5.56 Å². The minimum absolute atomic E-state index is 0.0602. The van der Waals surface area contributed by atoms with Crippen molar-refractivity contribution in [3.05, 3.63) is 67.1 Å². The molecule has 1 amide bonds. The first-order valence-corrected chi connectivity index (χ1v) is 7.07. The van der Waals surface area contributed by atoms with Crippen LogP contribution in [0.15, 0.2) is 40.9 Å². The van der Waals surface area contributed by atoms with E-state index in [1.165, 1.54) is 18.2 Å². The van der Waals surface area contributed by atoms with Gasteiger partial charge in [0.15, 0.2) is 0 Å². The van der Waals surface area contributed by atoms with Crippen LogP contribution >= 0.6 is 27.5 Å². The fourth-order valence-electron chi connectivity index (χ4n) is 1.76. The molecule has 0 atom stereocenters. The summed E-state index contributed by atoms with van der Waals surface area (Å²) in [6.45, 7) is 1.90. The summed E-state index contributed by atoms with van der Waals surface area (Å²) in [6.07, 6.45) is 0. The van der Waals surface area contributed by atoms with Gasteiger partial charge in [0.2, 0.25) is 0 Å². The summed E-state index contributed by atoms with van der Waals surface area (Å²) in [4.78, 5) is 22.6. The third-order valence-electron chi connectivity index (χ3n) is 2.77. The summed E-state index contributed by atoms with van der Waals surface area (Å²) < 4.78 is 0.615. The van der Waals surface area contributed by atoms with Gasteiger partial charge in [0, 0.05) is 15.6 Å². The number of aryl methyl sites for hydroxylation is 1. The van der Waals surface area contributed by atoms with Crippen molar-refractivity contribution in [2.45, 2.75) is 6.92 Å². The molecule has 0 heterocycles. The maximum absolute atomic E-state index is 12.2. The zero-order chi connectivity index (χ0) is 15.6. The molecule has 0 aromatic heterocycles. The average molecular weight is 370 g/mol. The van der Waals surface area contributed by atoms with Crippen molar-refractivity contribution in [3.63, 3.8) is 0 Å². The molecule has 0 radical (unpaired) electrons. The average Bonchev–Trinajstić information content (AvgIpc) is 2.37. The van der Waals surface area contributed by atoms with Crippen LogP contribution in [0.3, 0.4) is 0 Å². The highest BCUT2D eigenvalue weighted by molar-refractivity contribution is 9.10. The maximum atomic E-state index is 12.2. The highest BCUT2D eigenvalue weighted by Crippen LogP contribution is 2.29. The van der Waals surface area contributed by atoms with Crippen molar-refractivity contribution in [3.8, 4) is 0 Å². The summed E-state index contributed by atoms with van der Waals surface area (Å²) in [6, 6.07) is 9.22. The Hall–Kier alpha value is -1.92. The van der Waals surface area contributed by atoms with E-state index in [-0.39, 0.29) is 11.4 Å². The number of hydrogen-bond donors (Lipinski definition) is 1. The van der Waals surface area contributed by atoms with Gasteiger partial charge in [-0.3, -0.25) is 14.9 Å². The fraction of sp³-hybridized carbons (Fsp3) is 0.0714. The number of nitro groups is 1. The molecule has 0 bridgehead atoms. The lowest BCUT2D eigenvalue weighted by atomic mass is 10.1. The summed E-state index contributed by atoms with van der Waals surface area (Å²) in [5.74, 6) is -0.452. The molecule has 0 saturated carbocycles. The van der Waals surface area contributed by atoms with Gasteiger partial charge in [-0.15, -0.1) is 0 Å². The molecule has 0 spiro atoms. The Labute approximate surface area is 134 Å². The highest BCUT2D eigenvalue weighted by atomic mass is 79.9. The minimum atomic E-state index is -0.573. The first-order chi connectivity index (χ1) is 9.88. The monoisotopic (exact) mass is 368 g/mol. The number of nitro benzene ring substituents is 1. The summed E-state index contributed by atoms with van der Waals surface area (Å²) in [5.41, 5.74) is 1.22. The lowest BCUT2D eigenvalue weighted by molar-refractivity contribution is -0.383. The summed E-state index contributed by atoms with van der Waals surface area (Å²) >= 11 is 9.12. The van der Waals surface area contributed by atoms with Gasteiger partial charge in [0.25, 0.3) is 11.6 Å². The summed E-state index contributed by atoms with van der Waals surface area (Å²) in [5, 5.41) is 13.8. The van der Waals surface area contributed by atoms with E-state index >= 15 is 0 Å². The molecule has 5 nitrogen and oxygen atoms in total. The van der Waals surface area contributed by atoms with Crippen molar-refractivity contribution in [2.75, 3.05) is 5.32 Å². The molecule has 0 aliphatic rings. The molecule has 0 aliphatic heterocycles. The molecule has 0 unspecified atom stereocenters. The molecular formula is C14H10BrClN2O3. The van der Waals surface area contributed by atoms with Gasteiger partial charge in [0.05, 0.1) is 10.5 Å². The Morgan fingerprint density at radius 3 is 2.62 bits per heavy atom. The third-order valence-corrected chi connectivity index (χ3v) is 3.66. The number of nitrogens with zero attached hydrogens (tertiary/aromatic N) is 1. The van der Waals surface area contributed by atoms with Crippen LogP contribution in [-0.4, -0.2) is 10.8 Å². The predicted octanol–water partition coefficient (Wildman–Crippen LogP) is 4.57. The standard InChI is InChI=1S/C14H10BrClN2O3/c1-8-2-4-10(11(15)6-8)14(19)17-12-7-9(16)3-5-13(12)18(20)21/h2-7H,1H3,(H,17,19). The maximum Gasteiger partial charge on any atom is 0.292 e. The van der Waals surface area contributed by atoms with E-state index in [1.54, 1.807) is 18.2 Å². The number of anilines is 1. The van der Waals surface area contributed by atoms with Gasteiger partial charge in [-0.25, -0.2) is 0 Å². The lowest BCUT2D eigenvalue weighted by Crippen LogP contribution is -2.13. The van der Waals surface area contributed by atoms with Crippen LogP contribution in [0.25, 0.3) is 0 Å². The first kappa shape index (κ1) is 15.5. The second-order valence-electron chi connectivity index (χ2n) is 4.36. The van der Waals surface area contributed by atoms with Crippen molar-refractivity contribution < 1.29 is 9.72 Å². The van der Waals surface area contributed by atoms with Crippen LogP contribution in [0.4, 0.5) is 11.4 Å². The molecule has 0 aliphatic carbocycles. The molecule has 2 rings (SSSR count). The number of carbonyl (C=O) groups excluding carboxylic acids is 1. The second kappa shape index (κ2) is 6.24. The third kappa shape index (κ3) is 3.59. The Morgan fingerprint density at radius 2 is 2.00 bits per heavy atom. The Kier molecular flexibility index (Phi) is 4.59. The SMILES string of the molecule is Cc1ccc(C(=O)Nc2cc(Cl)ccc2[N+](=O)[O-])c(Br)c1. The molecule has 108 valence electrons. The predicted molar refractivity (Wildman–Crippen MR) is 84.9 cm³/mol. The highest BCUT2D eigenvalue weighted by Gasteiger charge is 2.18. The van der Waals surface area contributed by atoms with Crippen LogP contribution in [0, 0.1) is 17.0 Å². The Bertz CT molecular complexity index is 734. The van der Waals surface area contributed by atoms with E-state index in [1.807, 2.05) is 6.92 Å². The van der Waals surface area contributed by atoms with Crippen LogP contribution in [0.1, 0.15) is 15.9 Å². The van der Waals surface area contributed by atoms with Crippen molar-refractivity contribution in [1.29, 1.82) is 0 Å². The van der Waals surface area contributed by atoms with Crippen LogP contribution in [0.2, 0.25) is 5.02 Å². The van der Waals surface area contributed by atoms with Gasteiger partial charge in [-0.1, -0.05) is 17.7 Å². The Morgan fingerprint density at radius 1 is 1.29 bits per heavy atom. The van der Waals surface area contributed by atoms with Gasteiger partial charge >= 0.3 is 0 Å². The molecule has 2 aromatic rings. The van der Waals surface area contributed by atoms with E-state index in [0.29, 0.717) is 15.1 Å². The van der Waals surface area contributed by atoms with Crippen LogP contribution in [-0.2, 0) is 0 Å². The van der Waals surface area contributed by atoms with E-state index in [2.05, 4.69) is 21.2 Å². The van der Waals surface area contributed by atoms with Crippen molar-refractivity contribution >= 4 is 44.8 Å². The van der Waals surface area contributed by atoms with Gasteiger partial charge in [-0.2, -0.15) is 0 Å². The molecule has 21 heavy (non-hydrogen) atoms. The van der Waals surface area contributed by atoms with Crippen LogP contribution in [0.5, 0.6) is 0 Å². The summed E-state index contributed by atoms with van der Waals surface area (Å²) in [7, 11) is 0. The number of halogens is 2. The number of nitrogens with one attached hydrogen (secondary N) is 1. The Balaban J connectivity index is 2.35. The molecule has 7 heteroatoms.